The van der Waals surface area contributed by atoms with E-state index in [0.29, 0.717) is 10.6 Å². The van der Waals surface area contributed by atoms with Crippen molar-refractivity contribution < 1.29 is 0 Å². The first-order valence-electron chi connectivity index (χ1n) is 3.13. The van der Waals surface area contributed by atoms with Crippen LogP contribution in [-0.2, 0) is 5.33 Å². The maximum atomic E-state index is 8.65. The van der Waals surface area contributed by atoms with Crippen LogP contribution in [0.1, 0.15) is 11.1 Å². The molecule has 0 saturated carbocycles. The van der Waals surface area contributed by atoms with Gasteiger partial charge in [-0.15, -0.1) is 0 Å². The van der Waals surface area contributed by atoms with Crippen LogP contribution in [0, 0.1) is 14.9 Å². The molecule has 0 aliphatic rings. The molecule has 0 saturated heterocycles. The van der Waals surface area contributed by atoms with Gasteiger partial charge in [-0.25, -0.2) is 0 Å². The average Bonchev–Trinajstić information content (AvgIpc) is 2.09. The van der Waals surface area contributed by atoms with E-state index in [1.807, 2.05) is 6.07 Å². The summed E-state index contributed by atoms with van der Waals surface area (Å²) in [7, 11) is 0. The summed E-state index contributed by atoms with van der Waals surface area (Å²) < 4.78 is 1.00. The third-order valence-electron chi connectivity index (χ3n) is 1.38. The van der Waals surface area contributed by atoms with Crippen molar-refractivity contribution in [1.82, 2.24) is 0 Å². The highest BCUT2D eigenvalue weighted by Gasteiger charge is 2.05. The quantitative estimate of drug-likeness (QED) is 0.556. The minimum Gasteiger partial charge on any atom is -0.192 e. The Morgan fingerprint density at radius 2 is 2.25 bits per heavy atom. The molecule has 0 atom stereocenters. The molecule has 0 unspecified atom stereocenters. The summed E-state index contributed by atoms with van der Waals surface area (Å²) in [6.07, 6.45) is 0. The van der Waals surface area contributed by atoms with Crippen molar-refractivity contribution in [1.29, 1.82) is 5.26 Å². The van der Waals surface area contributed by atoms with Crippen molar-refractivity contribution in [3.05, 3.63) is 31.9 Å². The molecule has 1 aromatic rings. The lowest BCUT2D eigenvalue weighted by molar-refractivity contribution is 1.37. The molecule has 0 fully saturated rings. The van der Waals surface area contributed by atoms with Crippen LogP contribution in [0.5, 0.6) is 0 Å². The van der Waals surface area contributed by atoms with Crippen LogP contribution in [0.15, 0.2) is 12.1 Å². The average molecular weight is 356 g/mol. The minimum atomic E-state index is 0.606. The Balaban J connectivity index is 3.31. The zero-order valence-corrected chi connectivity index (χ0v) is 10.4. The second-order valence-corrected chi connectivity index (χ2v) is 4.22. The largest absolute Gasteiger partial charge is 0.192 e. The molecule has 1 aromatic carbocycles. The van der Waals surface area contributed by atoms with Crippen molar-refractivity contribution in [2.24, 2.45) is 0 Å². The van der Waals surface area contributed by atoms with Crippen molar-refractivity contribution in [2.75, 3.05) is 0 Å². The van der Waals surface area contributed by atoms with Gasteiger partial charge in [0.15, 0.2) is 0 Å². The third kappa shape index (κ3) is 2.12. The Morgan fingerprint density at radius 3 is 2.75 bits per heavy atom. The molecule has 0 aliphatic carbocycles. The Kier molecular flexibility index (Phi) is 3.81. The summed E-state index contributed by atoms with van der Waals surface area (Å²) >= 11 is 11.4. The van der Waals surface area contributed by atoms with Crippen LogP contribution < -0.4 is 0 Å². The van der Waals surface area contributed by atoms with E-state index in [0.717, 1.165) is 14.5 Å². The van der Waals surface area contributed by atoms with Crippen molar-refractivity contribution in [3.63, 3.8) is 0 Å². The highest BCUT2D eigenvalue weighted by molar-refractivity contribution is 14.1. The highest BCUT2D eigenvalue weighted by Crippen LogP contribution is 2.25. The van der Waals surface area contributed by atoms with Gasteiger partial charge in [-0.3, -0.25) is 0 Å². The molecule has 0 bridgehead atoms. The predicted octanol–water partition coefficient (Wildman–Crippen LogP) is 3.71. The fraction of sp³-hybridized carbons (Fsp3) is 0.125. The summed E-state index contributed by atoms with van der Waals surface area (Å²) in [5.41, 5.74) is 1.66. The SMILES string of the molecule is N#Cc1cc(Cl)c(I)c(CBr)c1. The number of halogens is 3. The van der Waals surface area contributed by atoms with Gasteiger partial charge in [-0.05, 0) is 40.3 Å². The van der Waals surface area contributed by atoms with Crippen LogP contribution >= 0.6 is 50.1 Å². The molecule has 12 heavy (non-hydrogen) atoms. The minimum absolute atomic E-state index is 0.606. The lowest BCUT2D eigenvalue weighted by atomic mass is 10.2. The van der Waals surface area contributed by atoms with Crippen LogP contribution in [0.3, 0.4) is 0 Å². The van der Waals surface area contributed by atoms with Gasteiger partial charge in [0, 0.05) is 8.90 Å². The van der Waals surface area contributed by atoms with Crippen LogP contribution in [0.4, 0.5) is 0 Å². The van der Waals surface area contributed by atoms with Gasteiger partial charge in [0.05, 0.1) is 16.7 Å². The molecular formula is C8H4BrClIN. The number of rotatable bonds is 1. The van der Waals surface area contributed by atoms with E-state index in [4.69, 9.17) is 16.9 Å². The fourth-order valence-electron chi connectivity index (χ4n) is 0.808. The molecule has 4 heteroatoms. The summed E-state index contributed by atoms with van der Waals surface area (Å²) in [5.74, 6) is 0. The summed E-state index contributed by atoms with van der Waals surface area (Å²) in [6, 6.07) is 5.57. The molecular weight excluding hydrogens is 352 g/mol. The highest BCUT2D eigenvalue weighted by atomic mass is 127. The number of nitrogens with zero attached hydrogens (tertiary/aromatic N) is 1. The van der Waals surface area contributed by atoms with Crippen molar-refractivity contribution >= 4 is 50.1 Å². The molecule has 0 N–H and O–H groups in total. The third-order valence-corrected chi connectivity index (χ3v) is 3.87. The van der Waals surface area contributed by atoms with Gasteiger partial charge in [0.2, 0.25) is 0 Å². The van der Waals surface area contributed by atoms with Crippen LogP contribution in [-0.4, -0.2) is 0 Å². The van der Waals surface area contributed by atoms with E-state index >= 15 is 0 Å². The number of nitriles is 1. The molecule has 1 nitrogen and oxygen atoms in total. The van der Waals surface area contributed by atoms with Gasteiger partial charge in [-0.1, -0.05) is 27.5 Å². The zero-order valence-electron chi connectivity index (χ0n) is 5.94. The zero-order chi connectivity index (χ0) is 9.14. The van der Waals surface area contributed by atoms with Crippen molar-refractivity contribution in [2.45, 2.75) is 5.33 Å². The van der Waals surface area contributed by atoms with Gasteiger partial charge in [-0.2, -0.15) is 5.26 Å². The lowest BCUT2D eigenvalue weighted by Gasteiger charge is -2.02. The van der Waals surface area contributed by atoms with E-state index in [9.17, 15) is 0 Å². The first kappa shape index (κ1) is 10.3. The van der Waals surface area contributed by atoms with Crippen LogP contribution in [0.2, 0.25) is 5.02 Å². The molecule has 0 radical (unpaired) electrons. The number of alkyl halides is 1. The summed E-state index contributed by atoms with van der Waals surface area (Å²) in [6.45, 7) is 0. The molecule has 0 spiro atoms. The second-order valence-electron chi connectivity index (χ2n) is 2.18. The summed E-state index contributed by atoms with van der Waals surface area (Å²) in [4.78, 5) is 0. The Bertz CT molecular complexity index is 346. The first-order valence-corrected chi connectivity index (χ1v) is 5.71. The topological polar surface area (TPSA) is 23.8 Å². The molecule has 1 rings (SSSR count). The maximum Gasteiger partial charge on any atom is 0.0992 e. The molecule has 0 amide bonds. The van der Waals surface area contributed by atoms with Crippen molar-refractivity contribution in [3.8, 4) is 6.07 Å². The molecule has 0 aliphatic heterocycles. The van der Waals surface area contributed by atoms with E-state index in [1.165, 1.54) is 0 Å². The lowest BCUT2D eigenvalue weighted by Crippen LogP contribution is -1.87. The fourth-order valence-corrected chi connectivity index (χ4v) is 2.52. The smallest absolute Gasteiger partial charge is 0.0992 e. The molecule has 0 aromatic heterocycles. The second kappa shape index (κ2) is 4.45. The standard InChI is InChI=1S/C8H4BrClIN/c9-3-6-1-5(4-12)2-7(10)8(6)11/h1-2H,3H2. The molecule has 62 valence electrons. The van der Waals surface area contributed by atoms with E-state index < -0.39 is 0 Å². The van der Waals surface area contributed by atoms with Gasteiger partial charge < -0.3 is 0 Å². The normalized spacial score (nSPS) is 9.50. The number of hydrogen-bond acceptors (Lipinski definition) is 1. The Labute approximate surface area is 98.0 Å². The van der Waals surface area contributed by atoms with E-state index in [1.54, 1.807) is 6.07 Å². The van der Waals surface area contributed by atoms with E-state index in [-0.39, 0.29) is 0 Å². The summed E-state index contributed by atoms with van der Waals surface area (Å²) in [5, 5.41) is 10.0. The Hall–Kier alpha value is 0.210. The monoisotopic (exact) mass is 355 g/mol. The number of hydrogen-bond donors (Lipinski definition) is 0. The van der Waals surface area contributed by atoms with Crippen LogP contribution in [0.25, 0.3) is 0 Å². The maximum absolute atomic E-state index is 8.65. The predicted molar refractivity (Wildman–Crippen MR) is 61.5 cm³/mol. The first-order chi connectivity index (χ1) is 5.69. The van der Waals surface area contributed by atoms with E-state index in [2.05, 4.69) is 44.6 Å². The van der Waals surface area contributed by atoms with Gasteiger partial charge in [0.1, 0.15) is 0 Å². The van der Waals surface area contributed by atoms with Gasteiger partial charge >= 0.3 is 0 Å². The molecule has 0 heterocycles. The number of benzene rings is 1. The van der Waals surface area contributed by atoms with Gasteiger partial charge in [0.25, 0.3) is 0 Å². The Morgan fingerprint density at radius 1 is 1.58 bits per heavy atom.